The number of hydrazone groups is 1. The molecular weight excluding hydrogens is 463 g/mol. The number of aliphatic imine (C=N–C) groups is 1. The summed E-state index contributed by atoms with van der Waals surface area (Å²) in [5.74, 6) is -1.02. The van der Waals surface area contributed by atoms with Crippen molar-refractivity contribution < 1.29 is 14.0 Å². The van der Waals surface area contributed by atoms with E-state index in [-0.39, 0.29) is 30.1 Å². The molecule has 1 N–H and O–H groups in total. The van der Waals surface area contributed by atoms with E-state index < -0.39 is 5.25 Å². The lowest BCUT2D eigenvalue weighted by Gasteiger charge is -2.23. The predicted molar refractivity (Wildman–Crippen MR) is 137 cm³/mol. The number of carbonyl (C=O) groups excluding carboxylic acids is 2. The summed E-state index contributed by atoms with van der Waals surface area (Å²) in [7, 11) is 0. The van der Waals surface area contributed by atoms with Gasteiger partial charge in [0.1, 0.15) is 11.1 Å². The van der Waals surface area contributed by atoms with Gasteiger partial charge in [0, 0.05) is 18.5 Å². The molecule has 2 aliphatic heterocycles. The van der Waals surface area contributed by atoms with Gasteiger partial charge in [0.15, 0.2) is 5.17 Å². The third-order valence-corrected chi connectivity index (χ3v) is 7.08. The Hall–Kier alpha value is -3.78. The first-order chi connectivity index (χ1) is 17.0. The van der Waals surface area contributed by atoms with Crippen molar-refractivity contribution in [2.75, 3.05) is 5.32 Å². The van der Waals surface area contributed by atoms with Crippen molar-refractivity contribution in [3.8, 4) is 0 Å². The number of benzene rings is 3. The fraction of sp³-hybridized carbons (Fsp3) is 0.185. The molecule has 0 fully saturated rings. The van der Waals surface area contributed by atoms with Gasteiger partial charge in [-0.15, -0.1) is 0 Å². The first-order valence-electron chi connectivity index (χ1n) is 11.3. The fourth-order valence-corrected chi connectivity index (χ4v) is 5.20. The Balaban J connectivity index is 1.32. The van der Waals surface area contributed by atoms with E-state index in [2.05, 4.69) is 10.3 Å². The van der Waals surface area contributed by atoms with Crippen molar-refractivity contribution in [3.63, 3.8) is 0 Å². The van der Waals surface area contributed by atoms with Gasteiger partial charge in [-0.05, 0) is 41.8 Å². The molecule has 2 heterocycles. The van der Waals surface area contributed by atoms with Crippen molar-refractivity contribution in [1.82, 2.24) is 5.01 Å². The molecule has 2 amide bonds. The van der Waals surface area contributed by atoms with Crippen molar-refractivity contribution in [2.45, 2.75) is 31.1 Å². The number of hydrogen-bond acceptors (Lipinski definition) is 5. The van der Waals surface area contributed by atoms with Crippen LogP contribution >= 0.6 is 11.8 Å². The third kappa shape index (κ3) is 5.02. The number of hydrogen-bond donors (Lipinski definition) is 1. The maximum atomic E-state index is 13.5. The van der Waals surface area contributed by atoms with Crippen LogP contribution in [-0.2, 0) is 9.59 Å². The standard InChI is InChI=1S/C27H23FN4O2S/c1-17-14-20(12-13-21(17)28)29-25(33)16-24-26(34)30-27(35-24)32-23(19-10-6-3-7-11-19)15-22(31-32)18-8-4-2-5-9-18/h2-14,23-24H,15-16H2,1H3,(H,29,33)/t23-,24-/m1/s1. The molecule has 0 unspecified atom stereocenters. The van der Waals surface area contributed by atoms with Crippen molar-refractivity contribution in [3.05, 3.63) is 101 Å². The largest absolute Gasteiger partial charge is 0.326 e. The average Bonchev–Trinajstić information content (AvgIpc) is 3.47. The zero-order valence-electron chi connectivity index (χ0n) is 19.0. The molecule has 0 bridgehead atoms. The van der Waals surface area contributed by atoms with Gasteiger partial charge in [0.25, 0.3) is 5.91 Å². The van der Waals surface area contributed by atoms with Crippen molar-refractivity contribution >= 4 is 40.1 Å². The number of nitrogens with zero attached hydrogens (tertiary/aromatic N) is 3. The van der Waals surface area contributed by atoms with Crippen LogP contribution in [0, 0.1) is 12.7 Å². The second-order valence-corrected chi connectivity index (χ2v) is 9.61. The monoisotopic (exact) mass is 486 g/mol. The smallest absolute Gasteiger partial charge is 0.262 e. The van der Waals surface area contributed by atoms with Gasteiger partial charge >= 0.3 is 0 Å². The van der Waals surface area contributed by atoms with Gasteiger partial charge in [-0.2, -0.15) is 10.1 Å². The second-order valence-electron chi connectivity index (χ2n) is 8.44. The Labute approximate surface area is 207 Å². The lowest BCUT2D eigenvalue weighted by Crippen LogP contribution is -2.25. The Morgan fingerprint density at radius 2 is 1.80 bits per heavy atom. The lowest BCUT2D eigenvalue weighted by molar-refractivity contribution is -0.121. The van der Waals surface area contributed by atoms with Crippen LogP contribution in [-0.4, -0.2) is 33.0 Å². The highest BCUT2D eigenvalue weighted by Gasteiger charge is 2.39. The Bertz CT molecular complexity index is 1330. The average molecular weight is 487 g/mol. The van der Waals surface area contributed by atoms with E-state index in [9.17, 15) is 14.0 Å². The molecule has 0 aliphatic carbocycles. The van der Waals surface area contributed by atoms with Gasteiger partial charge in [-0.3, -0.25) is 9.59 Å². The summed E-state index contributed by atoms with van der Waals surface area (Å²) in [6.45, 7) is 1.63. The molecule has 0 aromatic heterocycles. The second kappa shape index (κ2) is 9.84. The molecule has 0 saturated carbocycles. The minimum atomic E-state index is -0.640. The molecule has 3 aromatic rings. The number of halogens is 1. The number of amides is 2. The zero-order chi connectivity index (χ0) is 24.4. The summed E-state index contributed by atoms with van der Waals surface area (Å²) in [4.78, 5) is 29.6. The van der Waals surface area contributed by atoms with E-state index in [1.807, 2.05) is 65.7 Å². The number of amidine groups is 1. The Morgan fingerprint density at radius 1 is 1.09 bits per heavy atom. The molecule has 5 rings (SSSR count). The highest BCUT2D eigenvalue weighted by Crippen LogP contribution is 2.38. The molecule has 0 saturated heterocycles. The maximum Gasteiger partial charge on any atom is 0.262 e. The molecule has 8 heteroatoms. The van der Waals surface area contributed by atoms with Crippen LogP contribution in [0.3, 0.4) is 0 Å². The Kier molecular flexibility index (Phi) is 6.46. The summed E-state index contributed by atoms with van der Waals surface area (Å²) in [6.07, 6.45) is 0.642. The first-order valence-corrected chi connectivity index (χ1v) is 12.2. The van der Waals surface area contributed by atoms with Gasteiger partial charge < -0.3 is 5.32 Å². The van der Waals surface area contributed by atoms with Gasteiger partial charge in [0.2, 0.25) is 5.91 Å². The summed E-state index contributed by atoms with van der Waals surface area (Å²) >= 11 is 1.25. The molecule has 35 heavy (non-hydrogen) atoms. The van der Waals surface area contributed by atoms with Crippen LogP contribution in [0.15, 0.2) is 89.0 Å². The van der Waals surface area contributed by atoms with Gasteiger partial charge in [0.05, 0.1) is 11.8 Å². The molecular formula is C27H23FN4O2S. The molecule has 6 nitrogen and oxygen atoms in total. The van der Waals surface area contributed by atoms with E-state index in [1.165, 1.54) is 23.9 Å². The predicted octanol–water partition coefficient (Wildman–Crippen LogP) is 5.31. The molecule has 2 aliphatic rings. The zero-order valence-corrected chi connectivity index (χ0v) is 19.8. The Morgan fingerprint density at radius 3 is 2.51 bits per heavy atom. The molecule has 3 aromatic carbocycles. The maximum absolute atomic E-state index is 13.5. The molecule has 0 spiro atoms. The molecule has 176 valence electrons. The third-order valence-electron chi connectivity index (χ3n) is 5.94. The first kappa shape index (κ1) is 23.0. The summed E-state index contributed by atoms with van der Waals surface area (Å²) in [6, 6.07) is 24.2. The van der Waals surface area contributed by atoms with Crippen LogP contribution in [0.4, 0.5) is 10.1 Å². The van der Waals surface area contributed by atoms with E-state index >= 15 is 0 Å². The van der Waals surface area contributed by atoms with Crippen LogP contribution in [0.1, 0.15) is 35.6 Å². The minimum Gasteiger partial charge on any atom is -0.326 e. The van der Waals surface area contributed by atoms with Gasteiger partial charge in [-0.25, -0.2) is 9.40 Å². The highest BCUT2D eigenvalue weighted by atomic mass is 32.2. The SMILES string of the molecule is Cc1cc(NC(=O)C[C@H]2SC(N3N=C(c4ccccc4)C[C@@H]3c3ccccc3)=NC2=O)ccc1F. The van der Waals surface area contributed by atoms with E-state index in [4.69, 9.17) is 5.10 Å². The van der Waals surface area contributed by atoms with E-state index in [0.717, 1.165) is 16.8 Å². The van der Waals surface area contributed by atoms with E-state index in [0.29, 0.717) is 22.8 Å². The number of aryl methyl sites for hydroxylation is 1. The van der Waals surface area contributed by atoms with Crippen molar-refractivity contribution in [2.24, 2.45) is 10.1 Å². The topological polar surface area (TPSA) is 74.1 Å². The summed E-state index contributed by atoms with van der Waals surface area (Å²) < 4.78 is 13.5. The number of rotatable bonds is 5. The fourth-order valence-electron chi connectivity index (χ4n) is 4.13. The molecule has 0 radical (unpaired) electrons. The summed E-state index contributed by atoms with van der Waals surface area (Å²) in [5, 5.41) is 9.24. The minimum absolute atomic E-state index is 0.0357. The molecule has 2 atom stereocenters. The highest BCUT2D eigenvalue weighted by molar-refractivity contribution is 8.15. The van der Waals surface area contributed by atoms with Crippen LogP contribution in [0.5, 0.6) is 0 Å². The number of carbonyl (C=O) groups is 2. The van der Waals surface area contributed by atoms with Gasteiger partial charge in [-0.1, -0.05) is 72.4 Å². The number of anilines is 1. The van der Waals surface area contributed by atoms with E-state index in [1.54, 1.807) is 13.0 Å². The number of thioether (sulfide) groups is 1. The normalized spacial score (nSPS) is 19.5. The van der Waals surface area contributed by atoms with Crippen LogP contribution in [0.25, 0.3) is 0 Å². The van der Waals surface area contributed by atoms with Crippen LogP contribution in [0.2, 0.25) is 0 Å². The van der Waals surface area contributed by atoms with Crippen LogP contribution < -0.4 is 5.32 Å². The lowest BCUT2D eigenvalue weighted by atomic mass is 9.99. The number of nitrogens with one attached hydrogen (secondary N) is 1. The summed E-state index contributed by atoms with van der Waals surface area (Å²) in [5.41, 5.74) is 3.95. The van der Waals surface area contributed by atoms with Crippen molar-refractivity contribution in [1.29, 1.82) is 0 Å². The quantitative estimate of drug-likeness (QED) is 0.530.